The Labute approximate surface area is 161 Å². The molecule has 0 saturated carbocycles. The number of hydrogen-bond donors (Lipinski definition) is 0. The number of pyridine rings is 1. The number of anilines is 1. The highest BCUT2D eigenvalue weighted by atomic mass is 19.3. The molecule has 0 atom stereocenters. The van der Waals surface area contributed by atoms with Gasteiger partial charge in [0, 0.05) is 35.0 Å². The molecule has 0 spiro atoms. The average molecular weight is 400 g/mol. The van der Waals surface area contributed by atoms with Crippen LogP contribution >= 0.6 is 0 Å². The minimum absolute atomic E-state index is 0.0398. The van der Waals surface area contributed by atoms with Crippen molar-refractivity contribution in [2.24, 2.45) is 0 Å². The fourth-order valence-electron chi connectivity index (χ4n) is 3.42. The predicted octanol–water partition coefficient (Wildman–Crippen LogP) is 3.61. The Balaban J connectivity index is 1.64. The van der Waals surface area contributed by atoms with E-state index in [4.69, 9.17) is 0 Å². The molecule has 0 aliphatic carbocycles. The van der Waals surface area contributed by atoms with E-state index in [0.717, 1.165) is 12.1 Å². The van der Waals surface area contributed by atoms with E-state index in [-0.39, 0.29) is 5.69 Å². The van der Waals surface area contributed by atoms with Gasteiger partial charge >= 0.3 is 0 Å². The zero-order valence-electron chi connectivity index (χ0n) is 14.7. The number of rotatable bonds is 3. The molecule has 146 valence electrons. The summed E-state index contributed by atoms with van der Waals surface area (Å²) in [7, 11) is 0. The van der Waals surface area contributed by atoms with Crippen LogP contribution in [0.5, 0.6) is 0 Å². The highest BCUT2D eigenvalue weighted by Crippen LogP contribution is 2.38. The van der Waals surface area contributed by atoms with Gasteiger partial charge in [-0.1, -0.05) is 0 Å². The summed E-state index contributed by atoms with van der Waals surface area (Å²) in [6.45, 7) is -0.851. The highest BCUT2D eigenvalue weighted by Gasteiger charge is 2.45. The number of hydrogen-bond acceptors (Lipinski definition) is 5. The highest BCUT2D eigenvalue weighted by molar-refractivity contribution is 5.96. The van der Waals surface area contributed by atoms with Gasteiger partial charge in [0.25, 0.3) is 5.92 Å². The third kappa shape index (κ3) is 2.87. The molecule has 1 aliphatic heterocycles. The van der Waals surface area contributed by atoms with Gasteiger partial charge < -0.3 is 4.90 Å². The van der Waals surface area contributed by atoms with Gasteiger partial charge in [-0.2, -0.15) is 5.10 Å². The SMILES string of the molecule is Fc1ccc(-n2ncc3c(-c4cncnc4N4CC(F)(F)C4)ccnc32)c(F)c1. The topological polar surface area (TPSA) is 59.7 Å². The Morgan fingerprint density at radius 1 is 0.966 bits per heavy atom. The fourth-order valence-corrected chi connectivity index (χ4v) is 3.42. The molecule has 5 rings (SSSR count). The molecule has 1 aromatic carbocycles. The maximum absolute atomic E-state index is 14.2. The van der Waals surface area contributed by atoms with Gasteiger partial charge in [-0.15, -0.1) is 0 Å². The van der Waals surface area contributed by atoms with Crippen molar-refractivity contribution in [1.82, 2.24) is 24.7 Å². The molecular weight excluding hydrogens is 388 g/mol. The molecular formula is C19H12F4N6. The van der Waals surface area contributed by atoms with Crippen LogP contribution in [0.1, 0.15) is 0 Å². The minimum atomic E-state index is -2.75. The van der Waals surface area contributed by atoms with Crippen LogP contribution in [-0.4, -0.2) is 43.7 Å². The summed E-state index contributed by atoms with van der Waals surface area (Å²) in [5.74, 6) is -3.86. The number of fused-ring (bicyclic) bond motifs is 1. The Morgan fingerprint density at radius 2 is 1.79 bits per heavy atom. The minimum Gasteiger partial charge on any atom is -0.344 e. The van der Waals surface area contributed by atoms with E-state index in [1.54, 1.807) is 6.07 Å². The number of alkyl halides is 2. The number of benzene rings is 1. The van der Waals surface area contributed by atoms with Crippen molar-refractivity contribution >= 4 is 16.9 Å². The molecule has 3 aromatic heterocycles. The molecule has 4 aromatic rings. The van der Waals surface area contributed by atoms with Gasteiger partial charge in [-0.3, -0.25) is 0 Å². The zero-order valence-corrected chi connectivity index (χ0v) is 14.7. The van der Waals surface area contributed by atoms with Crippen LogP contribution in [0.4, 0.5) is 23.4 Å². The zero-order chi connectivity index (χ0) is 20.2. The normalized spacial score (nSPS) is 15.5. The van der Waals surface area contributed by atoms with Crippen molar-refractivity contribution in [3.05, 3.63) is 60.8 Å². The van der Waals surface area contributed by atoms with Crippen molar-refractivity contribution in [3.63, 3.8) is 0 Å². The van der Waals surface area contributed by atoms with Crippen LogP contribution in [-0.2, 0) is 0 Å². The second kappa shape index (κ2) is 6.23. The van der Waals surface area contributed by atoms with E-state index in [1.807, 2.05) is 0 Å². The van der Waals surface area contributed by atoms with Crippen molar-refractivity contribution in [1.29, 1.82) is 0 Å². The summed E-state index contributed by atoms with van der Waals surface area (Å²) in [5.41, 5.74) is 1.53. The summed E-state index contributed by atoms with van der Waals surface area (Å²) in [5, 5.41) is 4.75. The Morgan fingerprint density at radius 3 is 2.55 bits per heavy atom. The van der Waals surface area contributed by atoms with E-state index in [1.165, 1.54) is 40.6 Å². The van der Waals surface area contributed by atoms with Gasteiger partial charge in [0.2, 0.25) is 0 Å². The maximum atomic E-state index is 14.2. The van der Waals surface area contributed by atoms with Crippen LogP contribution in [0.2, 0.25) is 0 Å². The van der Waals surface area contributed by atoms with Gasteiger partial charge in [0.15, 0.2) is 11.5 Å². The maximum Gasteiger partial charge on any atom is 0.282 e. The predicted molar refractivity (Wildman–Crippen MR) is 97.0 cm³/mol. The third-order valence-corrected chi connectivity index (χ3v) is 4.74. The van der Waals surface area contributed by atoms with Gasteiger partial charge in [-0.05, 0) is 18.2 Å². The Kier molecular flexibility index (Phi) is 3.76. The second-order valence-corrected chi connectivity index (χ2v) is 6.72. The molecule has 6 nitrogen and oxygen atoms in total. The van der Waals surface area contributed by atoms with Crippen molar-refractivity contribution in [2.75, 3.05) is 18.0 Å². The number of aromatic nitrogens is 5. The van der Waals surface area contributed by atoms with E-state index in [9.17, 15) is 17.6 Å². The van der Waals surface area contributed by atoms with E-state index in [2.05, 4.69) is 20.1 Å². The van der Waals surface area contributed by atoms with Gasteiger partial charge in [-0.25, -0.2) is 37.2 Å². The van der Waals surface area contributed by atoms with E-state index < -0.39 is 30.6 Å². The Bertz CT molecular complexity index is 1230. The van der Waals surface area contributed by atoms with Crippen LogP contribution in [0.3, 0.4) is 0 Å². The quantitative estimate of drug-likeness (QED) is 0.492. The molecule has 0 bridgehead atoms. The molecule has 0 N–H and O–H groups in total. The number of nitrogens with zero attached hydrogens (tertiary/aromatic N) is 6. The first kappa shape index (κ1) is 17.5. The number of halogens is 4. The van der Waals surface area contributed by atoms with Gasteiger partial charge in [0.05, 0.1) is 19.3 Å². The smallest absolute Gasteiger partial charge is 0.282 e. The second-order valence-electron chi connectivity index (χ2n) is 6.72. The summed E-state index contributed by atoms with van der Waals surface area (Å²) in [4.78, 5) is 13.9. The molecule has 1 fully saturated rings. The van der Waals surface area contributed by atoms with Crippen molar-refractivity contribution in [3.8, 4) is 16.8 Å². The first-order chi connectivity index (χ1) is 13.9. The average Bonchev–Trinajstić information content (AvgIpc) is 3.10. The first-order valence-corrected chi connectivity index (χ1v) is 8.64. The monoisotopic (exact) mass is 400 g/mol. The Hall–Kier alpha value is -3.56. The lowest BCUT2D eigenvalue weighted by molar-refractivity contribution is -0.0266. The van der Waals surface area contributed by atoms with Crippen LogP contribution in [0.25, 0.3) is 27.8 Å². The van der Waals surface area contributed by atoms with Crippen molar-refractivity contribution < 1.29 is 17.6 Å². The lowest BCUT2D eigenvalue weighted by atomic mass is 10.0. The molecule has 29 heavy (non-hydrogen) atoms. The van der Waals surface area contributed by atoms with Crippen LogP contribution < -0.4 is 4.90 Å². The molecule has 0 amide bonds. The molecule has 10 heteroatoms. The largest absolute Gasteiger partial charge is 0.344 e. The van der Waals surface area contributed by atoms with Crippen LogP contribution in [0, 0.1) is 11.6 Å². The molecule has 1 saturated heterocycles. The standard InChI is InChI=1S/C19H12F4N6/c20-11-1-2-16(15(21)5-11)29-18-14(7-27-29)12(3-4-25-18)13-6-24-10-26-17(13)28-8-19(22,23)9-28/h1-7,10H,8-9H2. The van der Waals surface area contributed by atoms with Crippen molar-refractivity contribution in [2.45, 2.75) is 5.92 Å². The summed E-state index contributed by atoms with van der Waals surface area (Å²) in [6, 6.07) is 4.85. The lowest BCUT2D eigenvalue weighted by Crippen LogP contribution is -2.56. The molecule has 0 radical (unpaired) electrons. The molecule has 0 unspecified atom stereocenters. The third-order valence-electron chi connectivity index (χ3n) is 4.74. The fraction of sp³-hybridized carbons (Fsp3) is 0.158. The first-order valence-electron chi connectivity index (χ1n) is 8.64. The van der Waals surface area contributed by atoms with E-state index >= 15 is 0 Å². The molecule has 4 heterocycles. The lowest BCUT2D eigenvalue weighted by Gasteiger charge is -2.40. The summed E-state index contributed by atoms with van der Waals surface area (Å²) >= 11 is 0. The van der Waals surface area contributed by atoms with E-state index in [0.29, 0.717) is 28.0 Å². The molecule has 1 aliphatic rings. The van der Waals surface area contributed by atoms with Crippen LogP contribution in [0.15, 0.2) is 49.2 Å². The summed E-state index contributed by atoms with van der Waals surface area (Å²) < 4.78 is 55.4. The van der Waals surface area contributed by atoms with Gasteiger partial charge in [0.1, 0.15) is 23.6 Å². The summed E-state index contributed by atoms with van der Waals surface area (Å²) in [6.07, 6.45) is 5.81.